The highest BCUT2D eigenvalue weighted by molar-refractivity contribution is 6.03. The number of rotatable bonds is 5. The molecule has 1 aromatic carbocycles. The highest BCUT2D eigenvalue weighted by atomic mass is 16.5. The van der Waals surface area contributed by atoms with Crippen molar-refractivity contribution < 1.29 is 9.53 Å². The number of amides is 1. The highest BCUT2D eigenvalue weighted by Crippen LogP contribution is 2.18. The Labute approximate surface area is 156 Å². The van der Waals surface area contributed by atoms with Crippen molar-refractivity contribution in [2.45, 2.75) is 13.5 Å². The van der Waals surface area contributed by atoms with Crippen molar-refractivity contribution in [2.75, 3.05) is 5.32 Å². The van der Waals surface area contributed by atoms with Gasteiger partial charge in [-0.15, -0.1) is 0 Å². The summed E-state index contributed by atoms with van der Waals surface area (Å²) in [5.74, 6) is 1.30. The fourth-order valence-electron chi connectivity index (χ4n) is 2.77. The zero-order chi connectivity index (χ0) is 18.8. The number of carbonyl (C=O) groups is 1. The van der Waals surface area contributed by atoms with E-state index in [1.54, 1.807) is 24.5 Å². The Balaban J connectivity index is 1.42. The molecule has 4 rings (SSSR count). The van der Waals surface area contributed by atoms with Crippen LogP contribution in [-0.2, 0) is 13.7 Å². The number of carbonyl (C=O) groups excluding carboxylic acids is 1. The number of anilines is 1. The summed E-state index contributed by atoms with van der Waals surface area (Å²) in [5.41, 5.74) is 2.82. The van der Waals surface area contributed by atoms with E-state index >= 15 is 0 Å². The molecule has 0 atom stereocenters. The molecule has 0 aliphatic carbocycles. The monoisotopic (exact) mass is 361 g/mol. The number of aryl methyl sites for hydroxylation is 2. The lowest BCUT2D eigenvalue weighted by atomic mass is 10.3. The molecule has 0 unspecified atom stereocenters. The molecule has 3 aromatic heterocycles. The second-order valence-electron chi connectivity index (χ2n) is 6.24. The third-order valence-corrected chi connectivity index (χ3v) is 4.33. The fourth-order valence-corrected chi connectivity index (χ4v) is 2.77. The maximum Gasteiger partial charge on any atom is 0.275 e. The number of pyridine rings is 1. The lowest BCUT2D eigenvalue weighted by molar-refractivity contribution is 0.102. The van der Waals surface area contributed by atoms with E-state index in [1.807, 2.05) is 59.5 Å². The van der Waals surface area contributed by atoms with E-state index in [-0.39, 0.29) is 5.91 Å². The summed E-state index contributed by atoms with van der Waals surface area (Å²) in [6.45, 7) is 2.36. The SMILES string of the molecule is Cc1cccc2nc(C(=O)Nc3ccc(OCc4nccn4C)cc3)cn12. The molecule has 3 heterocycles. The van der Waals surface area contributed by atoms with Gasteiger partial charge >= 0.3 is 0 Å². The molecule has 0 aliphatic rings. The molecule has 0 fully saturated rings. The van der Waals surface area contributed by atoms with Gasteiger partial charge in [0.2, 0.25) is 0 Å². The summed E-state index contributed by atoms with van der Waals surface area (Å²) in [7, 11) is 1.92. The van der Waals surface area contributed by atoms with Gasteiger partial charge in [-0.05, 0) is 43.3 Å². The minimum Gasteiger partial charge on any atom is -0.486 e. The van der Waals surface area contributed by atoms with Crippen LogP contribution in [0.25, 0.3) is 5.65 Å². The highest BCUT2D eigenvalue weighted by Gasteiger charge is 2.12. The van der Waals surface area contributed by atoms with Crippen LogP contribution in [0.1, 0.15) is 22.0 Å². The maximum atomic E-state index is 12.5. The molecule has 0 radical (unpaired) electrons. The van der Waals surface area contributed by atoms with E-state index in [4.69, 9.17) is 4.74 Å². The number of nitrogens with zero attached hydrogens (tertiary/aromatic N) is 4. The summed E-state index contributed by atoms with van der Waals surface area (Å²) >= 11 is 0. The third kappa shape index (κ3) is 3.52. The van der Waals surface area contributed by atoms with Gasteiger partial charge in [0.1, 0.15) is 29.5 Å². The Morgan fingerprint density at radius 2 is 2.00 bits per heavy atom. The second-order valence-corrected chi connectivity index (χ2v) is 6.24. The molecule has 0 saturated heterocycles. The normalized spacial score (nSPS) is 10.9. The minimum absolute atomic E-state index is 0.250. The standard InChI is InChI=1S/C20H19N5O2/c1-14-4-3-5-18-23-17(12-25(14)18)20(26)22-15-6-8-16(9-7-15)27-13-19-21-10-11-24(19)2/h3-12H,13H2,1-2H3,(H,22,26). The van der Waals surface area contributed by atoms with Crippen LogP contribution >= 0.6 is 0 Å². The van der Waals surface area contributed by atoms with Gasteiger partial charge in [0, 0.05) is 37.0 Å². The smallest absolute Gasteiger partial charge is 0.275 e. The van der Waals surface area contributed by atoms with Crippen LogP contribution < -0.4 is 10.1 Å². The molecule has 0 bridgehead atoms. The van der Waals surface area contributed by atoms with Gasteiger partial charge in [-0.1, -0.05) is 6.07 Å². The number of aromatic nitrogens is 4. The van der Waals surface area contributed by atoms with Crippen molar-refractivity contribution in [1.82, 2.24) is 18.9 Å². The Hall–Kier alpha value is -3.61. The number of fused-ring (bicyclic) bond motifs is 1. The van der Waals surface area contributed by atoms with Crippen LogP contribution in [0.3, 0.4) is 0 Å². The molecule has 7 heteroatoms. The molecular formula is C20H19N5O2. The lowest BCUT2D eigenvalue weighted by Crippen LogP contribution is -2.12. The van der Waals surface area contributed by atoms with Crippen LogP contribution in [-0.4, -0.2) is 24.8 Å². The van der Waals surface area contributed by atoms with Crippen LogP contribution in [0.4, 0.5) is 5.69 Å². The molecule has 0 spiro atoms. The molecular weight excluding hydrogens is 342 g/mol. The average molecular weight is 361 g/mol. The van der Waals surface area contributed by atoms with Crippen LogP contribution in [0.2, 0.25) is 0 Å². The minimum atomic E-state index is -0.250. The van der Waals surface area contributed by atoms with E-state index in [0.717, 1.165) is 17.2 Å². The quantitative estimate of drug-likeness (QED) is 0.592. The van der Waals surface area contributed by atoms with Crippen LogP contribution in [0, 0.1) is 6.92 Å². The number of ether oxygens (including phenoxy) is 1. The summed E-state index contributed by atoms with van der Waals surface area (Å²) in [6, 6.07) is 13.0. The van der Waals surface area contributed by atoms with E-state index < -0.39 is 0 Å². The molecule has 1 amide bonds. The fraction of sp³-hybridized carbons (Fsp3) is 0.150. The lowest BCUT2D eigenvalue weighted by Gasteiger charge is -2.08. The van der Waals surface area contributed by atoms with Crippen LogP contribution in [0.15, 0.2) is 61.1 Å². The zero-order valence-corrected chi connectivity index (χ0v) is 15.1. The van der Waals surface area contributed by atoms with Gasteiger partial charge in [0.15, 0.2) is 0 Å². The Bertz CT molecular complexity index is 1100. The number of hydrogen-bond donors (Lipinski definition) is 1. The summed E-state index contributed by atoms with van der Waals surface area (Å²) in [6.07, 6.45) is 5.35. The zero-order valence-electron chi connectivity index (χ0n) is 15.1. The number of nitrogens with one attached hydrogen (secondary N) is 1. The largest absolute Gasteiger partial charge is 0.486 e. The van der Waals surface area contributed by atoms with Gasteiger partial charge in [-0.2, -0.15) is 0 Å². The van der Waals surface area contributed by atoms with Crippen molar-refractivity contribution in [3.05, 3.63) is 78.3 Å². The Morgan fingerprint density at radius 1 is 1.19 bits per heavy atom. The first-order chi connectivity index (χ1) is 13.1. The number of hydrogen-bond acceptors (Lipinski definition) is 4. The van der Waals surface area contributed by atoms with Crippen molar-refractivity contribution >= 4 is 17.2 Å². The number of imidazole rings is 2. The molecule has 1 N–H and O–H groups in total. The molecule has 136 valence electrons. The van der Waals surface area contributed by atoms with E-state index in [1.165, 1.54) is 0 Å². The first-order valence-electron chi connectivity index (χ1n) is 8.55. The van der Waals surface area contributed by atoms with E-state index in [9.17, 15) is 4.79 Å². The number of benzene rings is 1. The summed E-state index contributed by atoms with van der Waals surface area (Å²) < 4.78 is 9.52. The predicted octanol–water partition coefficient (Wildman–Crippen LogP) is 3.21. The van der Waals surface area contributed by atoms with Crippen molar-refractivity contribution in [1.29, 1.82) is 0 Å². The molecule has 0 aliphatic heterocycles. The predicted molar refractivity (Wildman–Crippen MR) is 102 cm³/mol. The molecule has 0 saturated carbocycles. The van der Waals surface area contributed by atoms with Gasteiger partial charge in [0.05, 0.1) is 0 Å². The van der Waals surface area contributed by atoms with Crippen molar-refractivity contribution in [3.63, 3.8) is 0 Å². The first kappa shape index (κ1) is 16.8. The van der Waals surface area contributed by atoms with Gasteiger partial charge in [0.25, 0.3) is 5.91 Å². The van der Waals surface area contributed by atoms with E-state index in [0.29, 0.717) is 23.7 Å². The maximum absolute atomic E-state index is 12.5. The van der Waals surface area contributed by atoms with E-state index in [2.05, 4.69) is 15.3 Å². The summed E-state index contributed by atoms with van der Waals surface area (Å²) in [5, 5.41) is 2.86. The molecule has 4 aromatic rings. The average Bonchev–Trinajstić information content (AvgIpc) is 3.28. The van der Waals surface area contributed by atoms with Crippen molar-refractivity contribution in [3.8, 4) is 5.75 Å². The second kappa shape index (κ2) is 6.95. The van der Waals surface area contributed by atoms with Gasteiger partial charge < -0.3 is 19.0 Å². The Kier molecular flexibility index (Phi) is 4.33. The molecule has 27 heavy (non-hydrogen) atoms. The van der Waals surface area contributed by atoms with Gasteiger partial charge in [-0.25, -0.2) is 9.97 Å². The third-order valence-electron chi connectivity index (χ3n) is 4.33. The molecule has 7 nitrogen and oxygen atoms in total. The first-order valence-corrected chi connectivity index (χ1v) is 8.55. The van der Waals surface area contributed by atoms with Crippen LogP contribution in [0.5, 0.6) is 5.75 Å². The van der Waals surface area contributed by atoms with Gasteiger partial charge in [-0.3, -0.25) is 4.79 Å². The topological polar surface area (TPSA) is 73.4 Å². The van der Waals surface area contributed by atoms with Crippen molar-refractivity contribution in [2.24, 2.45) is 7.05 Å². The summed E-state index contributed by atoms with van der Waals surface area (Å²) in [4.78, 5) is 21.1. The Morgan fingerprint density at radius 3 is 2.70 bits per heavy atom.